The number of rotatable bonds is 5. The number of hydrogen-bond acceptors (Lipinski definition) is 4. The van der Waals surface area contributed by atoms with Crippen LogP contribution in [0.4, 0.5) is 11.7 Å². The number of anilines is 2. The van der Waals surface area contributed by atoms with E-state index in [1.165, 1.54) is 0 Å². The van der Waals surface area contributed by atoms with Crippen LogP contribution < -0.4 is 5.32 Å². The quantitative estimate of drug-likeness (QED) is 0.333. The molecule has 0 unspecified atom stereocenters. The molecule has 6 heteroatoms. The molecular formula is C24H17ClN4O. The van der Waals surface area contributed by atoms with Crippen LogP contribution in [-0.4, -0.2) is 15.2 Å². The first-order valence-corrected chi connectivity index (χ1v) is 9.82. The lowest BCUT2D eigenvalue weighted by atomic mass is 10.1. The average molecular weight is 413 g/mol. The molecule has 146 valence electrons. The number of aromatic amines is 1. The maximum Gasteiger partial charge on any atom is 0.299 e. The number of nitrogens with zero attached hydrogens (tertiary/aromatic N) is 2. The largest absolute Gasteiger partial charge is 0.423 e. The topological polar surface area (TPSA) is 66.7 Å². The van der Waals surface area contributed by atoms with Crippen molar-refractivity contribution in [1.82, 2.24) is 15.2 Å². The van der Waals surface area contributed by atoms with Crippen molar-refractivity contribution in [2.24, 2.45) is 0 Å². The van der Waals surface area contributed by atoms with Crippen LogP contribution in [0, 0.1) is 0 Å². The van der Waals surface area contributed by atoms with Crippen molar-refractivity contribution in [1.29, 1.82) is 0 Å². The Kier molecular flexibility index (Phi) is 4.79. The zero-order valence-electron chi connectivity index (χ0n) is 15.8. The molecule has 0 fully saturated rings. The standard InChI is InChI=1S/C24H17ClN4O/c25-18-9-7-17(8-10-18)23-15-26-24(30-23)27-19-11-13-22-20(14-19)21(28-29-22)12-6-16-4-2-1-3-5-16/h1-15H,(H,26,27)(H,28,29)/b12-6+. The predicted molar refractivity (Wildman–Crippen MR) is 122 cm³/mol. The van der Waals surface area contributed by atoms with Crippen LogP contribution in [0.2, 0.25) is 5.02 Å². The van der Waals surface area contributed by atoms with Crippen LogP contribution in [-0.2, 0) is 0 Å². The van der Waals surface area contributed by atoms with Gasteiger partial charge in [-0.3, -0.25) is 5.10 Å². The summed E-state index contributed by atoms with van der Waals surface area (Å²) in [5, 5.41) is 12.4. The molecule has 2 heterocycles. The van der Waals surface area contributed by atoms with E-state index in [-0.39, 0.29) is 0 Å². The molecule has 0 saturated heterocycles. The summed E-state index contributed by atoms with van der Waals surface area (Å²) < 4.78 is 5.84. The SMILES string of the molecule is Clc1ccc(-c2cnc(Nc3ccc4[nH]nc(/C=C/c5ccccc5)c4c3)o2)cc1. The molecule has 3 aromatic carbocycles. The summed E-state index contributed by atoms with van der Waals surface area (Å²) in [6.45, 7) is 0. The van der Waals surface area contributed by atoms with Gasteiger partial charge in [-0.05, 0) is 54.1 Å². The summed E-state index contributed by atoms with van der Waals surface area (Å²) >= 11 is 5.95. The van der Waals surface area contributed by atoms with E-state index in [9.17, 15) is 0 Å². The van der Waals surface area contributed by atoms with Gasteiger partial charge in [0.05, 0.1) is 17.4 Å². The third kappa shape index (κ3) is 3.83. The van der Waals surface area contributed by atoms with Crippen molar-refractivity contribution in [2.45, 2.75) is 0 Å². The summed E-state index contributed by atoms with van der Waals surface area (Å²) in [5.41, 5.74) is 4.73. The number of fused-ring (bicyclic) bond motifs is 1. The van der Waals surface area contributed by atoms with Gasteiger partial charge in [0.15, 0.2) is 5.76 Å². The van der Waals surface area contributed by atoms with E-state index in [0.29, 0.717) is 16.8 Å². The third-order valence-electron chi connectivity index (χ3n) is 4.71. The Hall–Kier alpha value is -3.83. The number of nitrogens with one attached hydrogen (secondary N) is 2. The van der Waals surface area contributed by atoms with Gasteiger partial charge in [0.1, 0.15) is 0 Å². The predicted octanol–water partition coefficient (Wildman–Crippen LogP) is 6.79. The molecule has 30 heavy (non-hydrogen) atoms. The fraction of sp³-hybridized carbons (Fsp3) is 0. The number of hydrogen-bond donors (Lipinski definition) is 2. The van der Waals surface area contributed by atoms with E-state index in [1.54, 1.807) is 6.20 Å². The minimum atomic E-state index is 0.421. The molecule has 2 aromatic heterocycles. The number of halogens is 1. The zero-order valence-corrected chi connectivity index (χ0v) is 16.6. The highest BCUT2D eigenvalue weighted by molar-refractivity contribution is 6.30. The minimum Gasteiger partial charge on any atom is -0.423 e. The second-order valence-electron chi connectivity index (χ2n) is 6.77. The molecule has 0 spiro atoms. The molecule has 0 aliphatic carbocycles. The van der Waals surface area contributed by atoms with Gasteiger partial charge in [0, 0.05) is 21.7 Å². The van der Waals surface area contributed by atoms with Crippen molar-refractivity contribution < 1.29 is 4.42 Å². The van der Waals surface area contributed by atoms with Gasteiger partial charge in [0.25, 0.3) is 6.01 Å². The van der Waals surface area contributed by atoms with Crippen molar-refractivity contribution >= 4 is 46.4 Å². The zero-order chi connectivity index (χ0) is 20.3. The Bertz CT molecular complexity index is 1320. The minimum absolute atomic E-state index is 0.421. The normalized spacial score (nSPS) is 11.4. The van der Waals surface area contributed by atoms with Gasteiger partial charge in [-0.15, -0.1) is 0 Å². The first kappa shape index (κ1) is 18.2. The summed E-state index contributed by atoms with van der Waals surface area (Å²) in [7, 11) is 0. The second-order valence-corrected chi connectivity index (χ2v) is 7.21. The highest BCUT2D eigenvalue weighted by Crippen LogP contribution is 2.28. The van der Waals surface area contributed by atoms with Crippen LogP contribution >= 0.6 is 11.6 Å². The first-order valence-electron chi connectivity index (χ1n) is 9.45. The molecule has 0 aliphatic heterocycles. The highest BCUT2D eigenvalue weighted by atomic mass is 35.5. The van der Waals surface area contributed by atoms with E-state index >= 15 is 0 Å². The molecule has 5 aromatic rings. The summed E-state index contributed by atoms with van der Waals surface area (Å²) in [6, 6.07) is 24.0. The van der Waals surface area contributed by atoms with Gasteiger partial charge >= 0.3 is 0 Å². The maximum atomic E-state index is 5.95. The van der Waals surface area contributed by atoms with Gasteiger partial charge < -0.3 is 9.73 Å². The molecule has 2 N–H and O–H groups in total. The first-order chi connectivity index (χ1) is 14.7. The molecule has 5 nitrogen and oxygen atoms in total. The Morgan fingerprint density at radius 1 is 0.933 bits per heavy atom. The Balaban J connectivity index is 1.39. The van der Waals surface area contributed by atoms with Crippen LogP contribution in [0.15, 0.2) is 83.4 Å². The Morgan fingerprint density at radius 3 is 2.60 bits per heavy atom. The van der Waals surface area contributed by atoms with Gasteiger partial charge in [-0.1, -0.05) is 48.0 Å². The van der Waals surface area contributed by atoms with E-state index < -0.39 is 0 Å². The van der Waals surface area contributed by atoms with E-state index in [4.69, 9.17) is 16.0 Å². The van der Waals surface area contributed by atoms with Crippen LogP contribution in [0.5, 0.6) is 0 Å². The number of oxazole rings is 1. The summed E-state index contributed by atoms with van der Waals surface area (Å²) in [6.07, 6.45) is 5.74. The number of H-pyrrole nitrogens is 1. The van der Waals surface area contributed by atoms with Gasteiger partial charge in [0.2, 0.25) is 0 Å². The lowest BCUT2D eigenvalue weighted by Crippen LogP contribution is -1.89. The molecule has 0 amide bonds. The molecule has 0 saturated carbocycles. The smallest absolute Gasteiger partial charge is 0.299 e. The summed E-state index contributed by atoms with van der Waals surface area (Å²) in [4.78, 5) is 4.33. The monoisotopic (exact) mass is 412 g/mol. The van der Waals surface area contributed by atoms with Crippen LogP contribution in [0.25, 0.3) is 34.4 Å². The number of aromatic nitrogens is 3. The molecule has 0 bridgehead atoms. The number of benzene rings is 3. The lowest BCUT2D eigenvalue weighted by Gasteiger charge is -2.02. The van der Waals surface area contributed by atoms with E-state index in [1.807, 2.05) is 72.8 Å². The molecule has 0 atom stereocenters. The Morgan fingerprint density at radius 2 is 1.77 bits per heavy atom. The Labute approximate surface area is 178 Å². The second kappa shape index (κ2) is 7.89. The molecule has 0 radical (unpaired) electrons. The fourth-order valence-corrected chi connectivity index (χ4v) is 3.31. The molecular weight excluding hydrogens is 396 g/mol. The summed E-state index contributed by atoms with van der Waals surface area (Å²) in [5.74, 6) is 0.671. The average Bonchev–Trinajstić information content (AvgIpc) is 3.40. The molecule has 0 aliphatic rings. The van der Waals surface area contributed by atoms with Crippen LogP contribution in [0.1, 0.15) is 11.3 Å². The maximum absolute atomic E-state index is 5.95. The van der Waals surface area contributed by atoms with Crippen molar-refractivity contribution in [3.63, 3.8) is 0 Å². The fourth-order valence-electron chi connectivity index (χ4n) is 3.18. The lowest BCUT2D eigenvalue weighted by molar-refractivity contribution is 0.592. The van der Waals surface area contributed by atoms with E-state index in [2.05, 4.69) is 32.6 Å². The van der Waals surface area contributed by atoms with Crippen molar-refractivity contribution in [3.05, 3.63) is 95.3 Å². The highest BCUT2D eigenvalue weighted by Gasteiger charge is 2.09. The van der Waals surface area contributed by atoms with Crippen molar-refractivity contribution in [2.75, 3.05) is 5.32 Å². The van der Waals surface area contributed by atoms with Crippen molar-refractivity contribution in [3.8, 4) is 11.3 Å². The third-order valence-corrected chi connectivity index (χ3v) is 4.96. The van der Waals surface area contributed by atoms with E-state index in [0.717, 1.165) is 33.4 Å². The molecule has 5 rings (SSSR count). The van der Waals surface area contributed by atoms with Gasteiger partial charge in [-0.25, -0.2) is 4.98 Å². The van der Waals surface area contributed by atoms with Crippen LogP contribution in [0.3, 0.4) is 0 Å². The van der Waals surface area contributed by atoms with Gasteiger partial charge in [-0.2, -0.15) is 5.10 Å².